The van der Waals surface area contributed by atoms with E-state index in [0.717, 1.165) is 0 Å². The van der Waals surface area contributed by atoms with Gasteiger partial charge in [0.15, 0.2) is 6.10 Å². The minimum atomic E-state index is -0.487. The zero-order valence-corrected chi connectivity index (χ0v) is 14.2. The molecule has 1 aromatic rings. The SMILES string of the molecule is CC(=O)OCC1CC(Cc2c(OC(C)=O)cccc2OC(C)=O)=NO1. The molecular weight excluding hydrogens is 330 g/mol. The van der Waals surface area contributed by atoms with Crippen LogP contribution in [0, 0.1) is 0 Å². The van der Waals surface area contributed by atoms with Crippen molar-refractivity contribution in [2.45, 2.75) is 39.7 Å². The van der Waals surface area contributed by atoms with E-state index in [1.165, 1.54) is 20.8 Å². The molecule has 0 aliphatic carbocycles. The predicted octanol–water partition coefficient (Wildman–Crippen LogP) is 1.79. The maximum Gasteiger partial charge on any atom is 0.308 e. The number of oxime groups is 1. The smallest absolute Gasteiger partial charge is 0.308 e. The molecule has 0 N–H and O–H groups in total. The first-order valence-electron chi connectivity index (χ1n) is 7.68. The summed E-state index contributed by atoms with van der Waals surface area (Å²) in [6.07, 6.45) is 0.348. The van der Waals surface area contributed by atoms with E-state index in [4.69, 9.17) is 19.0 Å². The summed E-state index contributed by atoms with van der Waals surface area (Å²) in [7, 11) is 0. The third kappa shape index (κ3) is 5.59. The normalized spacial score (nSPS) is 15.8. The largest absolute Gasteiger partial charge is 0.462 e. The topological polar surface area (TPSA) is 100 Å². The number of ether oxygens (including phenoxy) is 3. The van der Waals surface area contributed by atoms with E-state index in [9.17, 15) is 14.4 Å². The number of benzene rings is 1. The fourth-order valence-electron chi connectivity index (χ4n) is 2.32. The van der Waals surface area contributed by atoms with Gasteiger partial charge in [0, 0.05) is 39.2 Å². The lowest BCUT2D eigenvalue weighted by atomic mass is 10.0. The van der Waals surface area contributed by atoms with Crippen molar-refractivity contribution in [2.75, 3.05) is 6.61 Å². The van der Waals surface area contributed by atoms with Crippen LogP contribution in [0.2, 0.25) is 0 Å². The second-order valence-electron chi connectivity index (χ2n) is 5.49. The van der Waals surface area contributed by atoms with Gasteiger partial charge in [-0.05, 0) is 12.1 Å². The van der Waals surface area contributed by atoms with Crippen LogP contribution in [0.4, 0.5) is 0 Å². The Kier molecular flexibility index (Phi) is 6.10. The minimum absolute atomic E-state index is 0.102. The molecule has 134 valence electrons. The Balaban J connectivity index is 2.15. The monoisotopic (exact) mass is 349 g/mol. The van der Waals surface area contributed by atoms with E-state index in [0.29, 0.717) is 17.7 Å². The molecule has 1 atom stereocenters. The van der Waals surface area contributed by atoms with Crippen molar-refractivity contribution in [3.8, 4) is 11.5 Å². The number of carbonyl (C=O) groups excluding carboxylic acids is 3. The maximum atomic E-state index is 11.3. The van der Waals surface area contributed by atoms with Crippen molar-refractivity contribution in [1.82, 2.24) is 0 Å². The molecule has 0 amide bonds. The molecule has 0 saturated heterocycles. The van der Waals surface area contributed by atoms with Gasteiger partial charge in [-0.3, -0.25) is 14.4 Å². The first-order valence-corrected chi connectivity index (χ1v) is 7.68. The van der Waals surface area contributed by atoms with Crippen LogP contribution in [0.5, 0.6) is 11.5 Å². The fraction of sp³-hybridized carbons (Fsp3) is 0.412. The lowest BCUT2D eigenvalue weighted by Gasteiger charge is -2.13. The first kappa shape index (κ1) is 18.4. The zero-order valence-electron chi connectivity index (χ0n) is 14.2. The molecule has 0 radical (unpaired) electrons. The molecule has 8 heteroatoms. The fourth-order valence-corrected chi connectivity index (χ4v) is 2.32. The van der Waals surface area contributed by atoms with Gasteiger partial charge in [-0.1, -0.05) is 11.2 Å². The van der Waals surface area contributed by atoms with Crippen LogP contribution in [-0.2, 0) is 30.4 Å². The van der Waals surface area contributed by atoms with Crippen molar-refractivity contribution in [3.63, 3.8) is 0 Å². The van der Waals surface area contributed by atoms with Crippen LogP contribution in [0.3, 0.4) is 0 Å². The summed E-state index contributed by atoms with van der Waals surface area (Å²) < 4.78 is 15.3. The average molecular weight is 349 g/mol. The Hall–Kier alpha value is -2.90. The second kappa shape index (κ2) is 8.27. The van der Waals surface area contributed by atoms with Gasteiger partial charge >= 0.3 is 17.9 Å². The number of esters is 3. The van der Waals surface area contributed by atoms with Crippen LogP contribution in [0.1, 0.15) is 32.8 Å². The molecule has 0 aromatic heterocycles. The lowest BCUT2D eigenvalue weighted by Crippen LogP contribution is -2.18. The second-order valence-corrected chi connectivity index (χ2v) is 5.49. The summed E-state index contributed by atoms with van der Waals surface area (Å²) in [6.45, 7) is 3.99. The van der Waals surface area contributed by atoms with Crippen molar-refractivity contribution < 1.29 is 33.4 Å². The number of carbonyl (C=O) groups is 3. The van der Waals surface area contributed by atoms with Crippen molar-refractivity contribution in [1.29, 1.82) is 0 Å². The first-order chi connectivity index (χ1) is 11.8. The predicted molar refractivity (Wildman–Crippen MR) is 86.3 cm³/mol. The lowest BCUT2D eigenvalue weighted by molar-refractivity contribution is -0.144. The Morgan fingerprint density at radius 3 is 2.20 bits per heavy atom. The number of hydrogen-bond acceptors (Lipinski definition) is 8. The zero-order chi connectivity index (χ0) is 18.4. The van der Waals surface area contributed by atoms with Crippen LogP contribution in [-0.4, -0.2) is 36.3 Å². The van der Waals surface area contributed by atoms with E-state index >= 15 is 0 Å². The highest BCUT2D eigenvalue weighted by molar-refractivity contribution is 5.89. The minimum Gasteiger partial charge on any atom is -0.462 e. The van der Waals surface area contributed by atoms with Gasteiger partial charge in [-0.2, -0.15) is 0 Å². The molecule has 8 nitrogen and oxygen atoms in total. The average Bonchev–Trinajstić information content (AvgIpc) is 2.95. The van der Waals surface area contributed by atoms with E-state index in [1.807, 2.05) is 0 Å². The van der Waals surface area contributed by atoms with E-state index < -0.39 is 17.9 Å². The number of nitrogens with zero attached hydrogens (tertiary/aromatic N) is 1. The molecule has 2 rings (SSSR count). The van der Waals surface area contributed by atoms with E-state index in [2.05, 4.69) is 5.16 Å². The molecule has 0 saturated carbocycles. The highest BCUT2D eigenvalue weighted by Crippen LogP contribution is 2.31. The van der Waals surface area contributed by atoms with Gasteiger partial charge < -0.3 is 19.0 Å². The third-order valence-corrected chi connectivity index (χ3v) is 3.24. The number of hydrogen-bond donors (Lipinski definition) is 0. The molecule has 1 unspecified atom stereocenters. The Morgan fingerprint density at radius 2 is 1.68 bits per heavy atom. The summed E-state index contributed by atoms with van der Waals surface area (Å²) in [5.41, 5.74) is 1.17. The van der Waals surface area contributed by atoms with Crippen LogP contribution in [0.25, 0.3) is 0 Å². The maximum absolute atomic E-state index is 11.3. The Labute approximate surface area is 144 Å². The Bertz CT molecular complexity index is 677. The molecule has 1 aliphatic rings. The summed E-state index contributed by atoms with van der Waals surface area (Å²) >= 11 is 0. The highest BCUT2D eigenvalue weighted by Gasteiger charge is 2.25. The number of rotatable bonds is 6. The molecule has 0 bridgehead atoms. The van der Waals surface area contributed by atoms with Crippen molar-refractivity contribution >= 4 is 23.6 Å². The van der Waals surface area contributed by atoms with Gasteiger partial charge in [-0.15, -0.1) is 0 Å². The van der Waals surface area contributed by atoms with E-state index in [-0.39, 0.29) is 30.6 Å². The van der Waals surface area contributed by atoms with Gasteiger partial charge in [0.1, 0.15) is 18.1 Å². The van der Waals surface area contributed by atoms with E-state index in [1.54, 1.807) is 18.2 Å². The van der Waals surface area contributed by atoms with Gasteiger partial charge in [0.25, 0.3) is 0 Å². The van der Waals surface area contributed by atoms with Gasteiger partial charge in [0.2, 0.25) is 0 Å². The van der Waals surface area contributed by atoms with Crippen molar-refractivity contribution in [2.24, 2.45) is 5.16 Å². The van der Waals surface area contributed by atoms with Crippen LogP contribution >= 0.6 is 0 Å². The Morgan fingerprint density at radius 1 is 1.08 bits per heavy atom. The summed E-state index contributed by atoms with van der Waals surface area (Å²) in [5.74, 6) is -0.790. The molecule has 0 spiro atoms. The molecular formula is C17H19NO7. The molecule has 0 fully saturated rings. The molecule has 25 heavy (non-hydrogen) atoms. The third-order valence-electron chi connectivity index (χ3n) is 3.24. The molecule has 1 heterocycles. The van der Waals surface area contributed by atoms with Crippen LogP contribution < -0.4 is 9.47 Å². The van der Waals surface area contributed by atoms with Gasteiger partial charge in [-0.25, -0.2) is 0 Å². The van der Waals surface area contributed by atoms with Gasteiger partial charge in [0.05, 0.1) is 5.71 Å². The van der Waals surface area contributed by atoms with Crippen LogP contribution in [0.15, 0.2) is 23.4 Å². The molecule has 1 aliphatic heterocycles. The highest BCUT2D eigenvalue weighted by atomic mass is 16.7. The quantitative estimate of drug-likeness (QED) is 0.570. The van der Waals surface area contributed by atoms with Crippen molar-refractivity contribution in [3.05, 3.63) is 23.8 Å². The molecule has 1 aromatic carbocycles. The standard InChI is InChI=1S/C17H19NO7/c1-10(19)22-9-14-7-13(18-25-14)8-15-16(23-11(2)20)5-4-6-17(15)24-12(3)21/h4-6,14H,7-9H2,1-3H3. The summed E-state index contributed by atoms with van der Waals surface area (Å²) in [5, 5.41) is 3.98. The summed E-state index contributed by atoms with van der Waals surface area (Å²) in [4.78, 5) is 38.7. The summed E-state index contributed by atoms with van der Waals surface area (Å²) in [6, 6.07) is 4.84.